The van der Waals surface area contributed by atoms with Crippen LogP contribution in [0.25, 0.3) is 0 Å². The number of rotatable bonds is 4. The quantitative estimate of drug-likeness (QED) is 0.691. The van der Waals surface area contributed by atoms with Crippen molar-refractivity contribution in [2.45, 2.75) is 33.6 Å². The van der Waals surface area contributed by atoms with Crippen LogP contribution in [0.5, 0.6) is 0 Å². The standard InChI is InChI=1S/C15H26N2O5S/c1-4-22-14(19)15-7-6-8-17(23(20,21)5-2)10-13(15)9-16(11-15)12(3)18/h13H,4-11H2,1-3H3/t13-,15+/m1/s1. The fourth-order valence-corrected chi connectivity index (χ4v) is 4.86. The number of likely N-dealkylation sites (tertiary alicyclic amines) is 1. The minimum Gasteiger partial charge on any atom is -0.466 e. The van der Waals surface area contributed by atoms with Gasteiger partial charge >= 0.3 is 5.97 Å². The van der Waals surface area contributed by atoms with E-state index in [1.54, 1.807) is 18.7 Å². The molecule has 2 aliphatic rings. The highest BCUT2D eigenvalue weighted by molar-refractivity contribution is 7.89. The predicted molar refractivity (Wildman–Crippen MR) is 85.1 cm³/mol. The topological polar surface area (TPSA) is 84.0 Å². The third kappa shape index (κ3) is 3.38. The van der Waals surface area contributed by atoms with Crippen LogP contribution in [-0.4, -0.2) is 68.0 Å². The molecule has 8 heteroatoms. The van der Waals surface area contributed by atoms with Gasteiger partial charge in [-0.25, -0.2) is 12.7 Å². The van der Waals surface area contributed by atoms with Crippen LogP contribution >= 0.6 is 0 Å². The number of ether oxygens (including phenoxy) is 1. The largest absolute Gasteiger partial charge is 0.466 e. The van der Waals surface area contributed by atoms with Crippen LogP contribution in [0, 0.1) is 11.3 Å². The first-order valence-electron chi connectivity index (χ1n) is 8.17. The molecular weight excluding hydrogens is 320 g/mol. The summed E-state index contributed by atoms with van der Waals surface area (Å²) in [6.07, 6.45) is 1.15. The van der Waals surface area contributed by atoms with E-state index in [0.29, 0.717) is 32.5 Å². The molecule has 2 fully saturated rings. The monoisotopic (exact) mass is 346 g/mol. The summed E-state index contributed by atoms with van der Waals surface area (Å²) < 4.78 is 31.2. The predicted octanol–water partition coefficient (Wildman–Crippen LogP) is 0.460. The smallest absolute Gasteiger partial charge is 0.314 e. The van der Waals surface area contributed by atoms with E-state index in [-0.39, 0.29) is 36.7 Å². The van der Waals surface area contributed by atoms with Gasteiger partial charge in [0, 0.05) is 39.0 Å². The molecule has 2 aliphatic heterocycles. The normalized spacial score (nSPS) is 29.0. The van der Waals surface area contributed by atoms with Crippen molar-refractivity contribution in [2.24, 2.45) is 11.3 Å². The SMILES string of the molecule is CCOC(=O)[C@]12CCCN(S(=O)(=O)CC)C[C@H]1CN(C(C)=O)C2. The Bertz CT molecular complexity index is 576. The molecule has 132 valence electrons. The Morgan fingerprint density at radius 2 is 1.96 bits per heavy atom. The first-order valence-corrected chi connectivity index (χ1v) is 9.78. The molecule has 0 aromatic carbocycles. The zero-order chi connectivity index (χ0) is 17.3. The van der Waals surface area contributed by atoms with Crippen LogP contribution in [0.4, 0.5) is 0 Å². The number of nitrogens with zero attached hydrogens (tertiary/aromatic N) is 2. The summed E-state index contributed by atoms with van der Waals surface area (Å²) in [7, 11) is -3.31. The molecule has 0 N–H and O–H groups in total. The molecule has 0 aromatic heterocycles. The lowest BCUT2D eigenvalue weighted by Crippen LogP contribution is -2.43. The van der Waals surface area contributed by atoms with Crippen LogP contribution in [-0.2, 0) is 24.3 Å². The van der Waals surface area contributed by atoms with E-state index in [9.17, 15) is 18.0 Å². The summed E-state index contributed by atoms with van der Waals surface area (Å²) in [4.78, 5) is 26.0. The second-order valence-electron chi connectivity index (χ2n) is 6.34. The first-order chi connectivity index (χ1) is 10.8. The molecule has 2 heterocycles. The number of amides is 1. The molecule has 7 nitrogen and oxygen atoms in total. The van der Waals surface area contributed by atoms with Crippen molar-refractivity contribution >= 4 is 21.9 Å². The van der Waals surface area contributed by atoms with E-state index < -0.39 is 15.4 Å². The molecule has 23 heavy (non-hydrogen) atoms. The number of hydrogen-bond acceptors (Lipinski definition) is 5. The van der Waals surface area contributed by atoms with E-state index >= 15 is 0 Å². The van der Waals surface area contributed by atoms with Crippen molar-refractivity contribution in [2.75, 3.05) is 38.5 Å². The molecule has 0 aliphatic carbocycles. The maximum atomic E-state index is 12.6. The average molecular weight is 346 g/mol. The fourth-order valence-electron chi connectivity index (χ4n) is 3.68. The Morgan fingerprint density at radius 1 is 1.26 bits per heavy atom. The van der Waals surface area contributed by atoms with Crippen molar-refractivity contribution in [3.05, 3.63) is 0 Å². The van der Waals surface area contributed by atoms with Gasteiger partial charge in [-0.1, -0.05) is 0 Å². The average Bonchev–Trinajstić information content (AvgIpc) is 2.77. The number of carbonyl (C=O) groups excluding carboxylic acids is 2. The van der Waals surface area contributed by atoms with Gasteiger partial charge in [0.05, 0.1) is 17.8 Å². The number of esters is 1. The van der Waals surface area contributed by atoms with E-state index in [2.05, 4.69) is 0 Å². The number of fused-ring (bicyclic) bond motifs is 1. The minimum absolute atomic E-state index is 0.0442. The highest BCUT2D eigenvalue weighted by Gasteiger charge is 2.55. The van der Waals surface area contributed by atoms with Crippen molar-refractivity contribution in [1.82, 2.24) is 9.21 Å². The van der Waals surface area contributed by atoms with E-state index in [1.807, 2.05) is 0 Å². The van der Waals surface area contributed by atoms with Crippen molar-refractivity contribution in [1.29, 1.82) is 0 Å². The summed E-state index contributed by atoms with van der Waals surface area (Å²) in [6.45, 7) is 6.57. The van der Waals surface area contributed by atoms with E-state index in [0.717, 1.165) is 0 Å². The van der Waals surface area contributed by atoms with Gasteiger partial charge < -0.3 is 9.64 Å². The van der Waals surface area contributed by atoms with E-state index in [4.69, 9.17) is 4.74 Å². The molecule has 0 bridgehead atoms. The fraction of sp³-hybridized carbons (Fsp3) is 0.867. The highest BCUT2D eigenvalue weighted by Crippen LogP contribution is 2.44. The third-order valence-electron chi connectivity index (χ3n) is 5.04. The van der Waals surface area contributed by atoms with Crippen LogP contribution < -0.4 is 0 Å². The molecule has 0 saturated carbocycles. The Kier molecular flexibility index (Phi) is 5.35. The van der Waals surface area contributed by atoms with E-state index in [1.165, 1.54) is 11.2 Å². The number of sulfonamides is 1. The summed E-state index contributed by atoms with van der Waals surface area (Å²) in [5, 5.41) is 0. The Balaban J connectivity index is 2.34. The molecule has 0 spiro atoms. The Morgan fingerprint density at radius 3 is 2.52 bits per heavy atom. The van der Waals surface area contributed by atoms with Crippen LogP contribution in [0.1, 0.15) is 33.6 Å². The zero-order valence-electron chi connectivity index (χ0n) is 14.1. The van der Waals surface area contributed by atoms with Crippen molar-refractivity contribution < 1.29 is 22.7 Å². The maximum absolute atomic E-state index is 12.6. The van der Waals surface area contributed by atoms with Gasteiger partial charge in [0.15, 0.2) is 0 Å². The summed E-state index contributed by atoms with van der Waals surface area (Å²) in [6, 6.07) is 0. The van der Waals surface area contributed by atoms with Crippen LogP contribution in [0.3, 0.4) is 0 Å². The van der Waals surface area contributed by atoms with Crippen LogP contribution in [0.15, 0.2) is 0 Å². The molecule has 2 saturated heterocycles. The Labute approximate surface area is 138 Å². The van der Waals surface area contributed by atoms with Gasteiger partial charge in [-0.2, -0.15) is 0 Å². The van der Waals surface area contributed by atoms with Gasteiger partial charge in [-0.15, -0.1) is 0 Å². The van der Waals surface area contributed by atoms with Gasteiger partial charge in [0.1, 0.15) is 0 Å². The van der Waals surface area contributed by atoms with Crippen molar-refractivity contribution in [3.8, 4) is 0 Å². The molecule has 0 radical (unpaired) electrons. The highest BCUT2D eigenvalue weighted by atomic mass is 32.2. The number of carbonyl (C=O) groups is 2. The van der Waals surface area contributed by atoms with Crippen LogP contribution in [0.2, 0.25) is 0 Å². The van der Waals surface area contributed by atoms with Crippen molar-refractivity contribution in [3.63, 3.8) is 0 Å². The molecule has 2 atom stereocenters. The van der Waals surface area contributed by atoms with Gasteiger partial charge in [-0.3, -0.25) is 9.59 Å². The summed E-state index contributed by atoms with van der Waals surface area (Å²) in [5.74, 6) is -0.562. The lowest BCUT2D eigenvalue weighted by Gasteiger charge is -2.31. The Hall–Kier alpha value is -1.15. The molecule has 0 unspecified atom stereocenters. The maximum Gasteiger partial charge on any atom is 0.314 e. The minimum atomic E-state index is -3.31. The van der Waals surface area contributed by atoms with Gasteiger partial charge in [-0.05, 0) is 26.7 Å². The summed E-state index contributed by atoms with van der Waals surface area (Å²) in [5.41, 5.74) is -0.778. The molecule has 1 amide bonds. The summed E-state index contributed by atoms with van der Waals surface area (Å²) >= 11 is 0. The lowest BCUT2D eigenvalue weighted by atomic mass is 9.75. The second kappa shape index (κ2) is 6.76. The molecular formula is C15H26N2O5S. The molecule has 2 rings (SSSR count). The van der Waals surface area contributed by atoms with Gasteiger partial charge in [0.2, 0.25) is 15.9 Å². The zero-order valence-corrected chi connectivity index (χ0v) is 14.9. The van der Waals surface area contributed by atoms with Gasteiger partial charge in [0.25, 0.3) is 0 Å². The lowest BCUT2D eigenvalue weighted by molar-refractivity contribution is -0.157. The first kappa shape index (κ1) is 18.2. The second-order valence-corrected chi connectivity index (χ2v) is 8.59. The third-order valence-corrected chi connectivity index (χ3v) is 6.88. The number of hydrogen-bond donors (Lipinski definition) is 0. The molecule has 0 aromatic rings.